The van der Waals surface area contributed by atoms with Gasteiger partial charge >= 0.3 is 0 Å². The minimum atomic E-state index is -0.291. The third kappa shape index (κ3) is 5.58. The molecule has 2 heterocycles. The minimum Gasteiger partial charge on any atom is -0.473 e. The smallest absolute Gasteiger partial charge is 0.214 e. The molecule has 1 saturated carbocycles. The zero-order valence-electron chi connectivity index (χ0n) is 17.1. The van der Waals surface area contributed by atoms with Crippen molar-refractivity contribution >= 4 is 24.1 Å². The molecule has 2 aromatic heterocycles. The molecule has 3 aromatic rings. The lowest BCUT2D eigenvalue weighted by atomic mass is 9.91. The van der Waals surface area contributed by atoms with Gasteiger partial charge in [0.15, 0.2) is 0 Å². The Bertz CT molecular complexity index is 1050. The van der Waals surface area contributed by atoms with E-state index in [0.717, 1.165) is 42.6 Å². The first-order valence-corrected chi connectivity index (χ1v) is 10.7. The zero-order chi connectivity index (χ0) is 21.6. The Hall–Kier alpha value is -2.99. The van der Waals surface area contributed by atoms with Gasteiger partial charge in [-0.2, -0.15) is 0 Å². The summed E-state index contributed by atoms with van der Waals surface area (Å²) in [4.78, 5) is 13.2. The van der Waals surface area contributed by atoms with Gasteiger partial charge in [0.2, 0.25) is 5.88 Å². The van der Waals surface area contributed by atoms with E-state index in [4.69, 9.17) is 16.3 Å². The van der Waals surface area contributed by atoms with E-state index in [1.54, 1.807) is 18.3 Å². The van der Waals surface area contributed by atoms with E-state index in [1.807, 2.05) is 24.3 Å². The number of benzene rings is 1. The number of halogens is 2. The number of hydrogen-bond acceptors (Lipinski definition) is 5. The van der Waals surface area contributed by atoms with Crippen molar-refractivity contribution in [1.82, 2.24) is 9.97 Å². The molecular weight excluding hydrogens is 415 g/mol. The average molecular weight is 439 g/mol. The van der Waals surface area contributed by atoms with Gasteiger partial charge in [-0.25, -0.2) is 14.4 Å². The number of rotatable bonds is 7. The Balaban J connectivity index is 1.46. The summed E-state index contributed by atoms with van der Waals surface area (Å²) in [6.07, 6.45) is 5.77. The van der Waals surface area contributed by atoms with Gasteiger partial charge in [-0.3, -0.25) is 4.99 Å². The van der Waals surface area contributed by atoms with Gasteiger partial charge in [-0.05, 0) is 62.2 Å². The zero-order valence-corrected chi connectivity index (χ0v) is 17.9. The molecule has 0 atom stereocenters. The summed E-state index contributed by atoms with van der Waals surface area (Å²) in [5, 5.41) is 4.02. The monoisotopic (exact) mass is 438 g/mol. The van der Waals surface area contributed by atoms with E-state index in [0.29, 0.717) is 28.7 Å². The van der Waals surface area contributed by atoms with Gasteiger partial charge in [0.05, 0.1) is 10.7 Å². The number of nitrogens with zero attached hydrogens (tertiary/aromatic N) is 3. The maximum atomic E-state index is 13.4. The summed E-state index contributed by atoms with van der Waals surface area (Å²) in [5.74, 6) is 0.919. The van der Waals surface area contributed by atoms with Gasteiger partial charge in [0.1, 0.15) is 18.2 Å². The normalized spacial score (nSPS) is 18.4. The molecule has 0 saturated heterocycles. The first kappa shape index (κ1) is 21.2. The first-order valence-electron chi connectivity index (χ1n) is 10.3. The van der Waals surface area contributed by atoms with Crippen molar-refractivity contribution < 1.29 is 9.13 Å². The number of nitrogens with one attached hydrogen (secondary N) is 1. The molecule has 0 unspecified atom stereocenters. The van der Waals surface area contributed by atoms with E-state index in [2.05, 4.69) is 27.0 Å². The molecule has 0 aliphatic heterocycles. The summed E-state index contributed by atoms with van der Waals surface area (Å²) in [5.41, 5.74) is 2.20. The minimum absolute atomic E-state index is 0.230. The Morgan fingerprint density at radius 1 is 1.13 bits per heavy atom. The van der Waals surface area contributed by atoms with Crippen molar-refractivity contribution in [3.8, 4) is 17.1 Å². The van der Waals surface area contributed by atoms with Gasteiger partial charge in [-0.1, -0.05) is 29.8 Å². The van der Waals surface area contributed by atoms with Crippen LogP contribution in [-0.4, -0.2) is 28.8 Å². The number of pyridine rings is 2. The standard InChI is InChI=1S/C24H24ClFN4O/c1-27-18-8-10-19(11-9-18)29-23-13-20(21(25)14-28-23)22-6-3-7-24(30-22)31-15-16-4-2-5-17(26)12-16/h2-7,12-14,18-19H,1,8-11,15H2,(H,28,29). The van der Waals surface area contributed by atoms with E-state index >= 15 is 0 Å². The molecule has 0 radical (unpaired) electrons. The second kappa shape index (κ2) is 9.88. The van der Waals surface area contributed by atoms with Crippen LogP contribution in [0, 0.1) is 5.82 Å². The molecule has 0 bridgehead atoms. The van der Waals surface area contributed by atoms with Crippen LogP contribution in [0.25, 0.3) is 11.3 Å². The number of anilines is 1. The molecule has 0 spiro atoms. The fourth-order valence-electron chi connectivity index (χ4n) is 3.76. The van der Waals surface area contributed by atoms with Gasteiger partial charge < -0.3 is 10.1 Å². The van der Waals surface area contributed by atoms with Crippen molar-refractivity contribution in [2.24, 2.45) is 4.99 Å². The van der Waals surface area contributed by atoms with Crippen LogP contribution in [0.15, 0.2) is 59.7 Å². The van der Waals surface area contributed by atoms with Gasteiger partial charge in [-0.15, -0.1) is 0 Å². The van der Waals surface area contributed by atoms with Gasteiger partial charge in [0, 0.05) is 29.9 Å². The highest BCUT2D eigenvalue weighted by atomic mass is 35.5. The summed E-state index contributed by atoms with van der Waals surface area (Å²) in [7, 11) is 0. The van der Waals surface area contributed by atoms with E-state index in [-0.39, 0.29) is 12.4 Å². The maximum absolute atomic E-state index is 13.4. The molecule has 1 fully saturated rings. The number of hydrogen-bond donors (Lipinski definition) is 1. The van der Waals surface area contributed by atoms with Crippen LogP contribution >= 0.6 is 11.6 Å². The highest BCUT2D eigenvalue weighted by Gasteiger charge is 2.20. The Kier molecular flexibility index (Phi) is 6.77. The third-order valence-corrected chi connectivity index (χ3v) is 5.74. The largest absolute Gasteiger partial charge is 0.473 e. The highest BCUT2D eigenvalue weighted by Crippen LogP contribution is 2.30. The predicted octanol–water partition coefficient (Wildman–Crippen LogP) is 5.94. The lowest BCUT2D eigenvalue weighted by molar-refractivity contribution is 0.293. The predicted molar refractivity (Wildman–Crippen MR) is 122 cm³/mol. The second-order valence-electron chi connectivity index (χ2n) is 7.66. The topological polar surface area (TPSA) is 59.4 Å². The molecular formula is C24H24ClFN4O. The summed E-state index contributed by atoms with van der Waals surface area (Å²) < 4.78 is 19.1. The number of aromatic nitrogens is 2. The van der Waals surface area contributed by atoms with Crippen LogP contribution in [0.1, 0.15) is 31.2 Å². The van der Waals surface area contributed by atoms with E-state index in [1.165, 1.54) is 12.1 Å². The Morgan fingerprint density at radius 3 is 2.71 bits per heavy atom. The number of ether oxygens (including phenoxy) is 1. The summed E-state index contributed by atoms with van der Waals surface area (Å²) in [6.45, 7) is 3.89. The molecule has 1 aliphatic rings. The summed E-state index contributed by atoms with van der Waals surface area (Å²) in [6, 6.07) is 14.5. The molecule has 4 rings (SSSR count). The third-order valence-electron chi connectivity index (χ3n) is 5.44. The van der Waals surface area contributed by atoms with Crippen molar-refractivity contribution in [2.75, 3.05) is 5.32 Å². The SMILES string of the molecule is C=NC1CCC(Nc2cc(-c3cccc(OCc4cccc(F)c4)n3)c(Cl)cn2)CC1. The first-order chi connectivity index (χ1) is 15.1. The van der Waals surface area contributed by atoms with Crippen LogP contribution in [0.2, 0.25) is 5.02 Å². The van der Waals surface area contributed by atoms with Crippen LogP contribution < -0.4 is 10.1 Å². The molecule has 31 heavy (non-hydrogen) atoms. The fourth-order valence-corrected chi connectivity index (χ4v) is 3.96. The van der Waals surface area contributed by atoms with Crippen molar-refractivity contribution in [3.63, 3.8) is 0 Å². The summed E-state index contributed by atoms with van der Waals surface area (Å²) >= 11 is 6.42. The number of aliphatic imine (C=N–C) groups is 1. The molecule has 1 aromatic carbocycles. The van der Waals surface area contributed by atoms with Gasteiger partial charge in [0.25, 0.3) is 0 Å². The second-order valence-corrected chi connectivity index (χ2v) is 8.07. The highest BCUT2D eigenvalue weighted by molar-refractivity contribution is 6.33. The van der Waals surface area contributed by atoms with Crippen molar-refractivity contribution in [3.05, 3.63) is 71.1 Å². The lowest BCUT2D eigenvalue weighted by Crippen LogP contribution is -2.27. The Labute approximate surface area is 186 Å². The fraction of sp³-hybridized carbons (Fsp3) is 0.292. The molecule has 1 aliphatic carbocycles. The molecule has 7 heteroatoms. The molecule has 160 valence electrons. The van der Waals surface area contributed by atoms with Crippen LogP contribution in [0.3, 0.4) is 0 Å². The molecule has 1 N–H and O–H groups in total. The average Bonchev–Trinajstić information content (AvgIpc) is 2.80. The molecule has 5 nitrogen and oxygen atoms in total. The van der Waals surface area contributed by atoms with Crippen LogP contribution in [0.4, 0.5) is 10.2 Å². The Morgan fingerprint density at radius 2 is 1.94 bits per heavy atom. The van der Waals surface area contributed by atoms with Crippen LogP contribution in [0.5, 0.6) is 5.88 Å². The quantitative estimate of drug-likeness (QED) is 0.464. The maximum Gasteiger partial charge on any atom is 0.214 e. The van der Waals surface area contributed by atoms with Crippen LogP contribution in [-0.2, 0) is 6.61 Å². The lowest BCUT2D eigenvalue weighted by Gasteiger charge is -2.27. The van der Waals surface area contributed by atoms with Crippen molar-refractivity contribution in [2.45, 2.75) is 44.4 Å². The molecule has 0 amide bonds. The van der Waals surface area contributed by atoms with E-state index in [9.17, 15) is 4.39 Å². The van der Waals surface area contributed by atoms with Crippen molar-refractivity contribution in [1.29, 1.82) is 0 Å². The van der Waals surface area contributed by atoms with E-state index < -0.39 is 0 Å².